The number of hydrogen-bond acceptors (Lipinski definition) is 4. The van der Waals surface area contributed by atoms with Crippen LogP contribution >= 0.6 is 23.2 Å². The number of rotatable bonds is 12. The summed E-state index contributed by atoms with van der Waals surface area (Å²) in [5.41, 5.74) is 3.21. The van der Waals surface area contributed by atoms with Gasteiger partial charge in [-0.05, 0) is 81.5 Å². The first-order valence-electron chi connectivity index (χ1n) is 12.3. The van der Waals surface area contributed by atoms with Crippen molar-refractivity contribution >= 4 is 50.7 Å². The molecular weight excluding hydrogens is 533 g/mol. The van der Waals surface area contributed by atoms with Gasteiger partial charge in [-0.25, -0.2) is 8.42 Å². The Kier molecular flexibility index (Phi) is 11.3. The number of nitrogens with one attached hydrogen (secondary N) is 1. The predicted molar refractivity (Wildman–Crippen MR) is 152 cm³/mol. The fourth-order valence-corrected chi connectivity index (χ4v) is 5.25. The fourth-order valence-electron chi connectivity index (χ4n) is 3.98. The standard InChI is InChI=1S/C27H37Cl2N3O4S/c1-7-20(4)30-27(34)21(5)31(17-22-10-11-24(28)25(29)16-22)26(33)9-8-12-32(37(6,35)36)23-14-18(2)13-19(3)15-23/h10-11,13-16,20-21H,7-9,12,17H2,1-6H3,(H,30,34)/t20-,21-/m1/s1. The Morgan fingerprint density at radius 2 is 1.62 bits per heavy atom. The van der Waals surface area contributed by atoms with Crippen LogP contribution in [-0.4, -0.2) is 50.0 Å². The van der Waals surface area contributed by atoms with E-state index in [2.05, 4.69) is 5.32 Å². The fraction of sp³-hybridized carbons (Fsp3) is 0.481. The van der Waals surface area contributed by atoms with Crippen molar-refractivity contribution in [1.29, 1.82) is 0 Å². The highest BCUT2D eigenvalue weighted by atomic mass is 35.5. The first kappa shape index (κ1) is 30.9. The van der Waals surface area contributed by atoms with Gasteiger partial charge < -0.3 is 10.2 Å². The van der Waals surface area contributed by atoms with Gasteiger partial charge in [-0.2, -0.15) is 0 Å². The average molecular weight is 571 g/mol. The van der Waals surface area contributed by atoms with Gasteiger partial charge in [0.2, 0.25) is 21.8 Å². The summed E-state index contributed by atoms with van der Waals surface area (Å²) in [6.45, 7) is 9.69. The third-order valence-corrected chi connectivity index (χ3v) is 8.08. The second-order valence-corrected chi connectivity index (χ2v) is 12.3. The van der Waals surface area contributed by atoms with Crippen LogP contribution < -0.4 is 9.62 Å². The van der Waals surface area contributed by atoms with Crippen LogP contribution in [0.1, 0.15) is 56.7 Å². The number of nitrogens with zero attached hydrogens (tertiary/aromatic N) is 2. The second kappa shape index (κ2) is 13.5. The third kappa shape index (κ3) is 9.20. The van der Waals surface area contributed by atoms with E-state index in [0.717, 1.165) is 29.4 Å². The Bertz CT molecular complexity index is 1200. The molecule has 2 rings (SSSR count). The molecule has 7 nitrogen and oxygen atoms in total. The largest absolute Gasteiger partial charge is 0.352 e. The van der Waals surface area contributed by atoms with Gasteiger partial charge in [0.15, 0.2) is 0 Å². The monoisotopic (exact) mass is 569 g/mol. The third-order valence-electron chi connectivity index (χ3n) is 6.15. The molecule has 204 valence electrons. The Hall–Kier alpha value is -2.29. The molecule has 0 spiro atoms. The van der Waals surface area contributed by atoms with E-state index in [9.17, 15) is 18.0 Å². The summed E-state index contributed by atoms with van der Waals surface area (Å²) in [4.78, 5) is 27.8. The van der Waals surface area contributed by atoms with Crippen LogP contribution in [0.15, 0.2) is 36.4 Å². The normalized spacial score (nSPS) is 13.1. The number of amides is 2. The molecule has 37 heavy (non-hydrogen) atoms. The lowest BCUT2D eigenvalue weighted by Gasteiger charge is -2.30. The maximum absolute atomic E-state index is 13.4. The molecule has 0 aliphatic carbocycles. The molecule has 10 heteroatoms. The van der Waals surface area contributed by atoms with E-state index in [1.54, 1.807) is 25.1 Å². The molecular formula is C27H37Cl2N3O4S. The Labute approximate surface area is 231 Å². The average Bonchev–Trinajstić information content (AvgIpc) is 2.80. The van der Waals surface area contributed by atoms with E-state index in [0.29, 0.717) is 15.7 Å². The molecule has 2 aromatic carbocycles. The van der Waals surface area contributed by atoms with Crippen molar-refractivity contribution in [3.8, 4) is 0 Å². The molecule has 0 aliphatic rings. The number of aryl methyl sites for hydroxylation is 2. The van der Waals surface area contributed by atoms with Gasteiger partial charge in [-0.3, -0.25) is 13.9 Å². The highest BCUT2D eigenvalue weighted by Crippen LogP contribution is 2.25. The summed E-state index contributed by atoms with van der Waals surface area (Å²) >= 11 is 12.2. The van der Waals surface area contributed by atoms with E-state index >= 15 is 0 Å². The van der Waals surface area contributed by atoms with Gasteiger partial charge in [-0.15, -0.1) is 0 Å². The molecule has 0 saturated carbocycles. The Morgan fingerprint density at radius 1 is 1.00 bits per heavy atom. The maximum Gasteiger partial charge on any atom is 0.242 e. The van der Waals surface area contributed by atoms with Crippen LogP contribution in [0.3, 0.4) is 0 Å². The number of carbonyl (C=O) groups excluding carboxylic acids is 2. The molecule has 1 N–H and O–H groups in total. The highest BCUT2D eigenvalue weighted by Gasteiger charge is 2.27. The van der Waals surface area contributed by atoms with Gasteiger partial charge in [0, 0.05) is 25.6 Å². The lowest BCUT2D eigenvalue weighted by Crippen LogP contribution is -2.49. The van der Waals surface area contributed by atoms with Gasteiger partial charge in [-0.1, -0.05) is 42.3 Å². The zero-order valence-electron chi connectivity index (χ0n) is 22.3. The van der Waals surface area contributed by atoms with Crippen molar-refractivity contribution in [3.05, 3.63) is 63.1 Å². The summed E-state index contributed by atoms with van der Waals surface area (Å²) < 4.78 is 26.4. The minimum Gasteiger partial charge on any atom is -0.352 e. The molecule has 0 unspecified atom stereocenters. The molecule has 0 fully saturated rings. The van der Waals surface area contributed by atoms with Crippen molar-refractivity contribution in [3.63, 3.8) is 0 Å². The van der Waals surface area contributed by atoms with E-state index in [4.69, 9.17) is 23.2 Å². The van der Waals surface area contributed by atoms with Gasteiger partial charge >= 0.3 is 0 Å². The Balaban J connectivity index is 2.23. The van der Waals surface area contributed by atoms with Gasteiger partial charge in [0.05, 0.1) is 22.0 Å². The molecule has 0 heterocycles. The summed E-state index contributed by atoms with van der Waals surface area (Å²) in [7, 11) is -3.56. The van der Waals surface area contributed by atoms with Crippen LogP contribution in [0.5, 0.6) is 0 Å². The van der Waals surface area contributed by atoms with E-state index < -0.39 is 16.1 Å². The first-order valence-corrected chi connectivity index (χ1v) is 14.9. The topological polar surface area (TPSA) is 86.8 Å². The lowest BCUT2D eigenvalue weighted by molar-refractivity contribution is -0.140. The molecule has 0 bridgehead atoms. The summed E-state index contributed by atoms with van der Waals surface area (Å²) in [6, 6.07) is 9.93. The SMILES string of the molecule is CC[C@@H](C)NC(=O)[C@@H](C)N(Cc1ccc(Cl)c(Cl)c1)C(=O)CCCN(c1cc(C)cc(C)c1)S(C)(=O)=O. The zero-order chi connectivity index (χ0) is 27.9. The predicted octanol–water partition coefficient (Wildman–Crippen LogP) is 5.49. The van der Waals surface area contributed by atoms with Crippen LogP contribution in [0.4, 0.5) is 5.69 Å². The van der Waals surface area contributed by atoms with Crippen LogP contribution in [0.25, 0.3) is 0 Å². The second-order valence-electron chi connectivity index (χ2n) is 9.55. The smallest absolute Gasteiger partial charge is 0.242 e. The molecule has 0 radical (unpaired) electrons. The molecule has 0 aromatic heterocycles. The van der Waals surface area contributed by atoms with Gasteiger partial charge in [0.25, 0.3) is 0 Å². The van der Waals surface area contributed by atoms with E-state index in [1.807, 2.05) is 45.9 Å². The molecule has 2 amide bonds. The van der Waals surface area contributed by atoms with E-state index in [-0.39, 0.29) is 43.8 Å². The quantitative estimate of drug-likeness (QED) is 0.366. The number of halogens is 2. The van der Waals surface area contributed by atoms with E-state index in [1.165, 1.54) is 9.21 Å². The minimum absolute atomic E-state index is 0.0296. The van der Waals surface area contributed by atoms with Crippen molar-refractivity contribution in [2.24, 2.45) is 0 Å². The number of benzene rings is 2. The van der Waals surface area contributed by atoms with Crippen molar-refractivity contribution < 1.29 is 18.0 Å². The van der Waals surface area contributed by atoms with Crippen LogP contribution in [-0.2, 0) is 26.2 Å². The maximum atomic E-state index is 13.4. The lowest BCUT2D eigenvalue weighted by atomic mass is 10.1. The number of sulfonamides is 1. The Morgan fingerprint density at radius 3 is 2.16 bits per heavy atom. The molecule has 2 aromatic rings. The summed E-state index contributed by atoms with van der Waals surface area (Å²) in [6.07, 6.45) is 2.28. The zero-order valence-corrected chi connectivity index (χ0v) is 24.7. The summed E-state index contributed by atoms with van der Waals surface area (Å²) in [5.74, 6) is -0.512. The molecule has 0 aliphatic heterocycles. The molecule has 2 atom stereocenters. The number of carbonyl (C=O) groups is 2. The highest BCUT2D eigenvalue weighted by molar-refractivity contribution is 7.92. The molecule has 0 saturated heterocycles. The van der Waals surface area contributed by atoms with Crippen LogP contribution in [0.2, 0.25) is 10.0 Å². The van der Waals surface area contributed by atoms with Gasteiger partial charge in [0.1, 0.15) is 6.04 Å². The summed E-state index contributed by atoms with van der Waals surface area (Å²) in [5, 5.41) is 3.69. The van der Waals surface area contributed by atoms with Crippen molar-refractivity contribution in [1.82, 2.24) is 10.2 Å². The minimum atomic E-state index is -3.56. The number of hydrogen-bond donors (Lipinski definition) is 1. The first-order chi connectivity index (χ1) is 17.2. The number of anilines is 1. The van der Waals surface area contributed by atoms with Crippen molar-refractivity contribution in [2.75, 3.05) is 17.1 Å². The van der Waals surface area contributed by atoms with Crippen LogP contribution in [0, 0.1) is 13.8 Å². The van der Waals surface area contributed by atoms with Crippen molar-refractivity contribution in [2.45, 2.75) is 72.5 Å².